The first kappa shape index (κ1) is 14.2. The van der Waals surface area contributed by atoms with Gasteiger partial charge in [0.25, 0.3) is 0 Å². The van der Waals surface area contributed by atoms with Gasteiger partial charge < -0.3 is 5.11 Å². The molecule has 0 amide bonds. The SMILES string of the molecule is CC(c1cccc2ncccc12)N1CCc2cc(O)ccc2C1. The van der Waals surface area contributed by atoms with Crippen LogP contribution in [0, 0.1) is 0 Å². The molecule has 4 rings (SSSR count). The van der Waals surface area contributed by atoms with Crippen LogP contribution in [0.2, 0.25) is 0 Å². The van der Waals surface area contributed by atoms with E-state index in [-0.39, 0.29) is 0 Å². The van der Waals surface area contributed by atoms with Gasteiger partial charge in [-0.3, -0.25) is 9.88 Å². The Bertz CT molecular complexity index is 854. The fourth-order valence-electron chi connectivity index (χ4n) is 3.58. The van der Waals surface area contributed by atoms with Gasteiger partial charge in [0.05, 0.1) is 5.52 Å². The van der Waals surface area contributed by atoms with Crippen molar-refractivity contribution in [1.82, 2.24) is 9.88 Å². The Kier molecular flexibility index (Phi) is 3.50. The molecule has 0 radical (unpaired) electrons. The van der Waals surface area contributed by atoms with Crippen molar-refractivity contribution >= 4 is 10.9 Å². The number of hydrogen-bond acceptors (Lipinski definition) is 3. The summed E-state index contributed by atoms with van der Waals surface area (Å²) in [6, 6.07) is 16.6. The molecule has 1 unspecified atom stereocenters. The van der Waals surface area contributed by atoms with E-state index in [1.165, 1.54) is 22.1 Å². The predicted octanol–water partition coefficient (Wildman–Crippen LogP) is 4.06. The topological polar surface area (TPSA) is 36.4 Å². The summed E-state index contributed by atoms with van der Waals surface area (Å²) in [6.45, 7) is 4.20. The molecule has 3 nitrogen and oxygen atoms in total. The summed E-state index contributed by atoms with van der Waals surface area (Å²) < 4.78 is 0. The van der Waals surface area contributed by atoms with E-state index in [4.69, 9.17) is 0 Å². The van der Waals surface area contributed by atoms with E-state index in [9.17, 15) is 5.11 Å². The van der Waals surface area contributed by atoms with Crippen LogP contribution in [0.15, 0.2) is 54.7 Å². The first-order valence-corrected chi connectivity index (χ1v) is 8.11. The van der Waals surface area contributed by atoms with Gasteiger partial charge in [-0.05, 0) is 54.3 Å². The first-order chi connectivity index (χ1) is 11.2. The van der Waals surface area contributed by atoms with Crippen LogP contribution >= 0.6 is 0 Å². The van der Waals surface area contributed by atoms with E-state index in [2.05, 4.69) is 41.1 Å². The number of fused-ring (bicyclic) bond motifs is 2. The van der Waals surface area contributed by atoms with Crippen LogP contribution < -0.4 is 0 Å². The Morgan fingerprint density at radius 1 is 1.09 bits per heavy atom. The lowest BCUT2D eigenvalue weighted by molar-refractivity contribution is 0.193. The fraction of sp³-hybridized carbons (Fsp3) is 0.250. The first-order valence-electron chi connectivity index (χ1n) is 8.11. The third-order valence-electron chi connectivity index (χ3n) is 4.91. The van der Waals surface area contributed by atoms with Crippen LogP contribution in [0.4, 0.5) is 0 Å². The predicted molar refractivity (Wildman–Crippen MR) is 92.4 cm³/mol. The molecule has 0 saturated carbocycles. The zero-order chi connectivity index (χ0) is 15.8. The minimum atomic E-state index is 0.338. The van der Waals surface area contributed by atoms with Gasteiger partial charge in [0, 0.05) is 30.7 Å². The highest BCUT2D eigenvalue weighted by Gasteiger charge is 2.23. The highest BCUT2D eigenvalue weighted by Crippen LogP contribution is 2.32. The quantitative estimate of drug-likeness (QED) is 0.775. The molecular weight excluding hydrogens is 284 g/mol. The number of aromatic hydroxyl groups is 1. The second-order valence-corrected chi connectivity index (χ2v) is 6.27. The Balaban J connectivity index is 1.67. The average Bonchev–Trinajstić information content (AvgIpc) is 2.60. The van der Waals surface area contributed by atoms with Crippen molar-refractivity contribution < 1.29 is 5.11 Å². The lowest BCUT2D eigenvalue weighted by Crippen LogP contribution is -2.32. The summed E-state index contributed by atoms with van der Waals surface area (Å²) >= 11 is 0. The summed E-state index contributed by atoms with van der Waals surface area (Å²) in [5.41, 5.74) is 4.98. The maximum atomic E-state index is 9.64. The third-order valence-corrected chi connectivity index (χ3v) is 4.91. The highest BCUT2D eigenvalue weighted by molar-refractivity contribution is 5.82. The maximum Gasteiger partial charge on any atom is 0.115 e. The molecule has 2 heterocycles. The van der Waals surface area contributed by atoms with Crippen LogP contribution in [0.1, 0.15) is 29.7 Å². The Hall–Kier alpha value is -2.39. The minimum Gasteiger partial charge on any atom is -0.508 e. The molecule has 0 fully saturated rings. The second kappa shape index (κ2) is 5.67. The summed E-state index contributed by atoms with van der Waals surface area (Å²) in [4.78, 5) is 6.97. The zero-order valence-electron chi connectivity index (χ0n) is 13.2. The zero-order valence-corrected chi connectivity index (χ0v) is 13.2. The number of rotatable bonds is 2. The summed E-state index contributed by atoms with van der Waals surface area (Å²) in [5.74, 6) is 0.366. The molecule has 1 atom stereocenters. The molecule has 0 aliphatic carbocycles. The summed E-state index contributed by atoms with van der Waals surface area (Å²) in [5, 5.41) is 10.9. The molecule has 3 aromatic rings. The Morgan fingerprint density at radius 3 is 2.91 bits per heavy atom. The van der Waals surface area contributed by atoms with Crippen molar-refractivity contribution in [3.63, 3.8) is 0 Å². The van der Waals surface area contributed by atoms with E-state index in [0.29, 0.717) is 11.8 Å². The van der Waals surface area contributed by atoms with Gasteiger partial charge >= 0.3 is 0 Å². The Labute approximate surface area is 136 Å². The van der Waals surface area contributed by atoms with Crippen LogP contribution in [0.5, 0.6) is 5.75 Å². The maximum absolute atomic E-state index is 9.64. The molecule has 2 aromatic carbocycles. The molecule has 23 heavy (non-hydrogen) atoms. The van der Waals surface area contributed by atoms with E-state index in [1.807, 2.05) is 24.4 Å². The number of hydrogen-bond donors (Lipinski definition) is 1. The van der Waals surface area contributed by atoms with Gasteiger partial charge in [-0.2, -0.15) is 0 Å². The number of phenols is 1. The van der Waals surface area contributed by atoms with Crippen LogP contribution in [-0.2, 0) is 13.0 Å². The van der Waals surface area contributed by atoms with Gasteiger partial charge in [-0.15, -0.1) is 0 Å². The molecule has 1 N–H and O–H groups in total. The van der Waals surface area contributed by atoms with Gasteiger partial charge in [-0.1, -0.05) is 24.3 Å². The van der Waals surface area contributed by atoms with Crippen molar-refractivity contribution in [1.29, 1.82) is 0 Å². The molecule has 3 heteroatoms. The molecule has 0 spiro atoms. The monoisotopic (exact) mass is 304 g/mol. The lowest BCUT2D eigenvalue weighted by atomic mass is 9.95. The van der Waals surface area contributed by atoms with Crippen molar-refractivity contribution in [2.45, 2.75) is 25.9 Å². The fourth-order valence-corrected chi connectivity index (χ4v) is 3.58. The molecule has 0 saturated heterocycles. The summed E-state index contributed by atoms with van der Waals surface area (Å²) in [7, 11) is 0. The molecular formula is C20H20N2O. The largest absolute Gasteiger partial charge is 0.508 e. The normalized spacial score (nSPS) is 16.2. The molecule has 116 valence electrons. The van der Waals surface area contributed by atoms with Crippen molar-refractivity contribution in [2.75, 3.05) is 6.54 Å². The summed E-state index contributed by atoms with van der Waals surface area (Å²) in [6.07, 6.45) is 2.83. The Morgan fingerprint density at radius 2 is 2.00 bits per heavy atom. The number of nitrogens with zero attached hydrogens (tertiary/aromatic N) is 2. The van der Waals surface area contributed by atoms with E-state index in [0.717, 1.165) is 25.0 Å². The van der Waals surface area contributed by atoms with E-state index < -0.39 is 0 Å². The van der Waals surface area contributed by atoms with Crippen LogP contribution in [0.25, 0.3) is 10.9 Å². The molecule has 1 aliphatic rings. The minimum absolute atomic E-state index is 0.338. The van der Waals surface area contributed by atoms with Crippen molar-refractivity contribution in [2.24, 2.45) is 0 Å². The lowest BCUT2D eigenvalue weighted by Gasteiger charge is -2.34. The highest BCUT2D eigenvalue weighted by atomic mass is 16.3. The molecule has 0 bridgehead atoms. The van der Waals surface area contributed by atoms with Crippen molar-refractivity contribution in [3.8, 4) is 5.75 Å². The molecule has 1 aliphatic heterocycles. The van der Waals surface area contributed by atoms with Gasteiger partial charge in [-0.25, -0.2) is 0 Å². The average molecular weight is 304 g/mol. The van der Waals surface area contributed by atoms with Crippen molar-refractivity contribution in [3.05, 3.63) is 71.4 Å². The number of phenolic OH excluding ortho intramolecular Hbond substituents is 1. The number of aromatic nitrogens is 1. The van der Waals surface area contributed by atoms with Gasteiger partial charge in [0.15, 0.2) is 0 Å². The smallest absolute Gasteiger partial charge is 0.115 e. The number of benzene rings is 2. The van der Waals surface area contributed by atoms with E-state index in [1.54, 1.807) is 6.07 Å². The second-order valence-electron chi connectivity index (χ2n) is 6.27. The van der Waals surface area contributed by atoms with Crippen LogP contribution in [-0.4, -0.2) is 21.5 Å². The van der Waals surface area contributed by atoms with E-state index >= 15 is 0 Å². The van der Waals surface area contributed by atoms with Gasteiger partial charge in [0.2, 0.25) is 0 Å². The van der Waals surface area contributed by atoms with Gasteiger partial charge in [0.1, 0.15) is 5.75 Å². The standard InChI is InChI=1S/C20H20N2O/c1-14(18-4-2-6-20-19(18)5-3-10-21-20)22-11-9-15-12-17(23)8-7-16(15)13-22/h2-8,10,12,14,23H,9,11,13H2,1H3. The van der Waals surface area contributed by atoms with Crippen LogP contribution in [0.3, 0.4) is 0 Å². The molecule has 1 aromatic heterocycles. The third kappa shape index (κ3) is 2.57. The number of pyridine rings is 1.